The summed E-state index contributed by atoms with van der Waals surface area (Å²) in [6.45, 7) is 3.93. The number of rotatable bonds is 2. The zero-order chi connectivity index (χ0) is 9.52. The van der Waals surface area contributed by atoms with Gasteiger partial charge in [-0.3, -0.25) is 4.79 Å². The molecule has 13 heavy (non-hydrogen) atoms. The Bertz CT molecular complexity index is 151. The first-order valence-corrected chi connectivity index (χ1v) is 5.33. The summed E-state index contributed by atoms with van der Waals surface area (Å²) in [7, 11) is 0. The van der Waals surface area contributed by atoms with Gasteiger partial charge in [-0.05, 0) is 19.4 Å². The minimum absolute atomic E-state index is 0.173. The maximum Gasteiger partial charge on any atom is 0.219 e. The molecule has 1 amide bonds. The van der Waals surface area contributed by atoms with Crippen LogP contribution >= 0.6 is 0 Å². The van der Waals surface area contributed by atoms with Crippen LogP contribution in [0.2, 0.25) is 0 Å². The van der Waals surface area contributed by atoms with Gasteiger partial charge in [0.1, 0.15) is 0 Å². The van der Waals surface area contributed by atoms with E-state index in [2.05, 4.69) is 10.6 Å². The molecule has 1 atom stereocenters. The molecule has 0 aromatic rings. The SMILES string of the molecule is CCC(=O)N[C@H]1CCCCCNC1. The Balaban J connectivity index is 2.25. The van der Waals surface area contributed by atoms with Crippen LogP contribution in [0.25, 0.3) is 0 Å². The van der Waals surface area contributed by atoms with Crippen LogP contribution in [0.4, 0.5) is 0 Å². The van der Waals surface area contributed by atoms with Gasteiger partial charge >= 0.3 is 0 Å². The molecule has 0 aliphatic carbocycles. The second-order valence-corrected chi connectivity index (χ2v) is 3.67. The molecule has 1 aliphatic heterocycles. The van der Waals surface area contributed by atoms with Gasteiger partial charge in [-0.1, -0.05) is 19.8 Å². The van der Waals surface area contributed by atoms with E-state index in [-0.39, 0.29) is 5.91 Å². The lowest BCUT2D eigenvalue weighted by Gasteiger charge is -2.21. The van der Waals surface area contributed by atoms with Crippen molar-refractivity contribution in [1.29, 1.82) is 0 Å². The fourth-order valence-electron chi connectivity index (χ4n) is 1.65. The van der Waals surface area contributed by atoms with Crippen molar-refractivity contribution >= 4 is 5.91 Å². The number of hydrogen-bond acceptors (Lipinski definition) is 2. The second kappa shape index (κ2) is 5.97. The highest BCUT2D eigenvalue weighted by Crippen LogP contribution is 2.06. The lowest BCUT2D eigenvalue weighted by molar-refractivity contribution is -0.121. The molecule has 1 fully saturated rings. The summed E-state index contributed by atoms with van der Waals surface area (Å²) in [6.07, 6.45) is 5.52. The van der Waals surface area contributed by atoms with E-state index in [1.54, 1.807) is 0 Å². The minimum Gasteiger partial charge on any atom is -0.352 e. The molecule has 1 rings (SSSR count). The van der Waals surface area contributed by atoms with Crippen molar-refractivity contribution in [2.75, 3.05) is 13.1 Å². The molecule has 0 unspecified atom stereocenters. The van der Waals surface area contributed by atoms with Gasteiger partial charge in [-0.25, -0.2) is 0 Å². The van der Waals surface area contributed by atoms with Crippen LogP contribution in [0.5, 0.6) is 0 Å². The van der Waals surface area contributed by atoms with Crippen LogP contribution in [0.3, 0.4) is 0 Å². The number of carbonyl (C=O) groups excluding carboxylic acids is 1. The molecule has 3 heteroatoms. The highest BCUT2D eigenvalue weighted by Gasteiger charge is 2.11. The lowest BCUT2D eigenvalue weighted by atomic mass is 10.1. The summed E-state index contributed by atoms with van der Waals surface area (Å²) in [5, 5.41) is 6.39. The predicted molar refractivity (Wildman–Crippen MR) is 53.6 cm³/mol. The molecule has 1 heterocycles. The fourth-order valence-corrected chi connectivity index (χ4v) is 1.65. The molecule has 2 N–H and O–H groups in total. The number of nitrogens with one attached hydrogen (secondary N) is 2. The first kappa shape index (κ1) is 10.5. The van der Waals surface area contributed by atoms with Gasteiger partial charge in [0.25, 0.3) is 0 Å². The normalized spacial score (nSPS) is 24.5. The number of carbonyl (C=O) groups is 1. The maximum atomic E-state index is 11.1. The third kappa shape index (κ3) is 4.27. The van der Waals surface area contributed by atoms with Crippen LogP contribution in [0.1, 0.15) is 39.0 Å². The van der Waals surface area contributed by atoms with Gasteiger partial charge in [0, 0.05) is 19.0 Å². The fraction of sp³-hybridized carbons (Fsp3) is 0.900. The quantitative estimate of drug-likeness (QED) is 0.673. The molecule has 0 spiro atoms. The van der Waals surface area contributed by atoms with Crippen molar-refractivity contribution in [1.82, 2.24) is 10.6 Å². The first-order valence-electron chi connectivity index (χ1n) is 5.33. The van der Waals surface area contributed by atoms with E-state index in [0.29, 0.717) is 12.5 Å². The summed E-state index contributed by atoms with van der Waals surface area (Å²) in [6, 6.07) is 0.354. The van der Waals surface area contributed by atoms with Crippen molar-refractivity contribution in [3.05, 3.63) is 0 Å². The Kier molecular flexibility index (Phi) is 4.83. The van der Waals surface area contributed by atoms with Gasteiger partial charge in [-0.15, -0.1) is 0 Å². The van der Waals surface area contributed by atoms with E-state index < -0.39 is 0 Å². The molecule has 3 nitrogen and oxygen atoms in total. The Labute approximate surface area is 80.3 Å². The van der Waals surface area contributed by atoms with E-state index in [4.69, 9.17) is 0 Å². The molecule has 0 saturated carbocycles. The van der Waals surface area contributed by atoms with Crippen LogP contribution in [0.15, 0.2) is 0 Å². The van der Waals surface area contributed by atoms with Gasteiger partial charge in [0.05, 0.1) is 0 Å². The smallest absolute Gasteiger partial charge is 0.219 e. The van der Waals surface area contributed by atoms with E-state index in [9.17, 15) is 4.79 Å². The monoisotopic (exact) mass is 184 g/mol. The van der Waals surface area contributed by atoms with Gasteiger partial charge in [0.15, 0.2) is 0 Å². The molecule has 0 aromatic carbocycles. The third-order valence-corrected chi connectivity index (χ3v) is 2.48. The molecule has 0 aromatic heterocycles. The van der Waals surface area contributed by atoms with Crippen molar-refractivity contribution < 1.29 is 4.79 Å². The minimum atomic E-state index is 0.173. The van der Waals surface area contributed by atoms with Gasteiger partial charge in [0.2, 0.25) is 5.91 Å². The molecule has 76 valence electrons. The maximum absolute atomic E-state index is 11.1. The number of amides is 1. The van der Waals surface area contributed by atoms with Crippen molar-refractivity contribution in [2.45, 2.75) is 45.1 Å². The van der Waals surface area contributed by atoms with E-state index in [1.165, 1.54) is 19.3 Å². The third-order valence-electron chi connectivity index (χ3n) is 2.48. The number of hydrogen-bond donors (Lipinski definition) is 2. The zero-order valence-corrected chi connectivity index (χ0v) is 8.44. The highest BCUT2D eigenvalue weighted by molar-refractivity contribution is 5.75. The van der Waals surface area contributed by atoms with Gasteiger partial charge in [-0.2, -0.15) is 0 Å². The van der Waals surface area contributed by atoms with Crippen LogP contribution in [0, 0.1) is 0 Å². The Morgan fingerprint density at radius 3 is 3.08 bits per heavy atom. The molecular weight excluding hydrogens is 164 g/mol. The van der Waals surface area contributed by atoms with Crippen molar-refractivity contribution in [3.63, 3.8) is 0 Å². The van der Waals surface area contributed by atoms with E-state index in [0.717, 1.165) is 19.5 Å². The standard InChI is InChI=1S/C10H20N2O/c1-2-10(13)12-9-6-4-3-5-7-11-8-9/h9,11H,2-8H2,1H3,(H,12,13)/t9-/m0/s1. The first-order chi connectivity index (χ1) is 6.33. The second-order valence-electron chi connectivity index (χ2n) is 3.67. The van der Waals surface area contributed by atoms with E-state index in [1.807, 2.05) is 6.92 Å². The molecule has 0 radical (unpaired) electrons. The Morgan fingerprint density at radius 1 is 1.46 bits per heavy atom. The van der Waals surface area contributed by atoms with Crippen LogP contribution in [-0.2, 0) is 4.79 Å². The zero-order valence-electron chi connectivity index (χ0n) is 8.44. The van der Waals surface area contributed by atoms with Crippen molar-refractivity contribution in [3.8, 4) is 0 Å². The lowest BCUT2D eigenvalue weighted by Crippen LogP contribution is -2.42. The Morgan fingerprint density at radius 2 is 2.31 bits per heavy atom. The topological polar surface area (TPSA) is 41.1 Å². The highest BCUT2D eigenvalue weighted by atomic mass is 16.1. The van der Waals surface area contributed by atoms with Crippen molar-refractivity contribution in [2.24, 2.45) is 0 Å². The largest absolute Gasteiger partial charge is 0.352 e. The Hall–Kier alpha value is -0.570. The summed E-state index contributed by atoms with van der Waals surface area (Å²) < 4.78 is 0. The molecule has 0 bridgehead atoms. The molecule has 1 saturated heterocycles. The summed E-state index contributed by atoms with van der Waals surface area (Å²) in [5.74, 6) is 0.173. The average molecular weight is 184 g/mol. The van der Waals surface area contributed by atoms with Crippen LogP contribution in [-0.4, -0.2) is 25.0 Å². The predicted octanol–water partition coefficient (Wildman–Crippen LogP) is 1.04. The summed E-state index contributed by atoms with van der Waals surface area (Å²) in [5.41, 5.74) is 0. The molecule has 1 aliphatic rings. The van der Waals surface area contributed by atoms with Gasteiger partial charge < -0.3 is 10.6 Å². The van der Waals surface area contributed by atoms with Crippen LogP contribution < -0.4 is 10.6 Å². The van der Waals surface area contributed by atoms with E-state index >= 15 is 0 Å². The molecular formula is C10H20N2O. The summed E-state index contributed by atoms with van der Waals surface area (Å²) in [4.78, 5) is 11.1. The summed E-state index contributed by atoms with van der Waals surface area (Å²) >= 11 is 0. The average Bonchev–Trinajstić information content (AvgIpc) is 2.09.